The third-order valence-electron chi connectivity index (χ3n) is 3.42. The predicted molar refractivity (Wildman–Crippen MR) is 62.9 cm³/mol. The van der Waals surface area contributed by atoms with Gasteiger partial charge >= 0.3 is 0 Å². The van der Waals surface area contributed by atoms with Gasteiger partial charge in [-0.05, 0) is 0 Å². The van der Waals surface area contributed by atoms with Crippen LogP contribution in [-0.2, 0) is 14.2 Å². The van der Waals surface area contributed by atoms with Crippen LogP contribution in [0.25, 0.3) is 0 Å². The van der Waals surface area contributed by atoms with Gasteiger partial charge in [0.25, 0.3) is 0 Å². The first-order valence-corrected chi connectivity index (χ1v) is 6.18. The SMILES string of the molecule is O[C@@H]1[C@H](O)[C@H](O)O[C@H]2CO[C@@H](c3ccccc3)O[C@@H]12. The molecule has 2 aliphatic heterocycles. The second-order valence-electron chi connectivity index (χ2n) is 4.72. The number of aliphatic hydroxyl groups is 3. The highest BCUT2D eigenvalue weighted by atomic mass is 16.7. The molecule has 2 fully saturated rings. The molecule has 1 aromatic carbocycles. The van der Waals surface area contributed by atoms with Gasteiger partial charge in [-0.15, -0.1) is 0 Å². The molecule has 0 bridgehead atoms. The van der Waals surface area contributed by atoms with E-state index in [2.05, 4.69) is 0 Å². The molecule has 2 saturated heterocycles. The zero-order valence-electron chi connectivity index (χ0n) is 10.1. The van der Waals surface area contributed by atoms with E-state index in [1.54, 1.807) is 0 Å². The number of hydrogen-bond acceptors (Lipinski definition) is 6. The van der Waals surface area contributed by atoms with E-state index < -0.39 is 37.0 Å². The van der Waals surface area contributed by atoms with Crippen molar-refractivity contribution in [3.05, 3.63) is 35.9 Å². The molecule has 2 aliphatic rings. The van der Waals surface area contributed by atoms with Crippen molar-refractivity contribution in [1.29, 1.82) is 0 Å². The summed E-state index contributed by atoms with van der Waals surface area (Å²) in [6.07, 6.45) is -5.93. The van der Waals surface area contributed by atoms with Gasteiger partial charge in [0.2, 0.25) is 0 Å². The maximum Gasteiger partial charge on any atom is 0.184 e. The van der Waals surface area contributed by atoms with Gasteiger partial charge in [-0.1, -0.05) is 30.3 Å². The number of ether oxygens (including phenoxy) is 3. The van der Waals surface area contributed by atoms with E-state index in [4.69, 9.17) is 14.2 Å². The summed E-state index contributed by atoms with van der Waals surface area (Å²) in [5.41, 5.74) is 0.828. The molecule has 0 spiro atoms. The Kier molecular flexibility index (Phi) is 3.53. The monoisotopic (exact) mass is 268 g/mol. The molecule has 6 heteroatoms. The summed E-state index contributed by atoms with van der Waals surface area (Å²) >= 11 is 0. The summed E-state index contributed by atoms with van der Waals surface area (Å²) < 4.78 is 16.3. The second-order valence-corrected chi connectivity index (χ2v) is 4.72. The fraction of sp³-hybridized carbons (Fsp3) is 0.538. The lowest BCUT2D eigenvalue weighted by Gasteiger charge is -2.45. The number of hydrogen-bond donors (Lipinski definition) is 3. The maximum atomic E-state index is 9.94. The minimum Gasteiger partial charge on any atom is -0.387 e. The molecule has 0 saturated carbocycles. The van der Waals surface area contributed by atoms with Gasteiger partial charge in [0, 0.05) is 5.56 Å². The molecule has 0 unspecified atom stereocenters. The van der Waals surface area contributed by atoms with Gasteiger partial charge in [-0.3, -0.25) is 0 Å². The summed E-state index contributed by atoms with van der Waals surface area (Å²) in [6.45, 7) is 0.186. The lowest BCUT2D eigenvalue weighted by Crippen LogP contribution is -2.61. The van der Waals surface area contributed by atoms with Crippen LogP contribution in [0.3, 0.4) is 0 Å². The Morgan fingerprint density at radius 3 is 2.42 bits per heavy atom. The molecule has 2 heterocycles. The van der Waals surface area contributed by atoms with E-state index in [-0.39, 0.29) is 6.61 Å². The lowest BCUT2D eigenvalue weighted by molar-refractivity contribution is -0.354. The Hall–Kier alpha value is -1.02. The molecule has 104 valence electrons. The average molecular weight is 268 g/mol. The summed E-state index contributed by atoms with van der Waals surface area (Å²) in [5.74, 6) is 0. The number of benzene rings is 1. The van der Waals surface area contributed by atoms with Crippen LogP contribution in [0.15, 0.2) is 30.3 Å². The van der Waals surface area contributed by atoms with E-state index in [1.807, 2.05) is 30.3 Å². The van der Waals surface area contributed by atoms with Crippen LogP contribution in [0.5, 0.6) is 0 Å². The second kappa shape index (κ2) is 5.16. The van der Waals surface area contributed by atoms with Gasteiger partial charge in [0.15, 0.2) is 12.6 Å². The average Bonchev–Trinajstić information content (AvgIpc) is 2.46. The van der Waals surface area contributed by atoms with Gasteiger partial charge in [0.05, 0.1) is 6.61 Å². The normalized spacial score (nSPS) is 42.7. The first-order valence-electron chi connectivity index (χ1n) is 6.18. The van der Waals surface area contributed by atoms with Gasteiger partial charge in [-0.25, -0.2) is 0 Å². The lowest BCUT2D eigenvalue weighted by atomic mass is 9.98. The molecule has 3 rings (SSSR count). The van der Waals surface area contributed by atoms with E-state index in [9.17, 15) is 15.3 Å². The molecule has 0 aliphatic carbocycles. The molecule has 6 nitrogen and oxygen atoms in total. The first-order chi connectivity index (χ1) is 9.16. The van der Waals surface area contributed by atoms with E-state index >= 15 is 0 Å². The number of aliphatic hydroxyl groups excluding tert-OH is 3. The maximum absolute atomic E-state index is 9.94. The fourth-order valence-electron chi connectivity index (χ4n) is 2.37. The third kappa shape index (κ3) is 2.38. The zero-order chi connectivity index (χ0) is 13.4. The van der Waals surface area contributed by atoms with Crippen LogP contribution in [0, 0.1) is 0 Å². The van der Waals surface area contributed by atoms with Gasteiger partial charge in [0.1, 0.15) is 24.4 Å². The van der Waals surface area contributed by atoms with Crippen molar-refractivity contribution in [2.75, 3.05) is 6.61 Å². The molecule has 3 N–H and O–H groups in total. The van der Waals surface area contributed by atoms with Crippen molar-refractivity contribution >= 4 is 0 Å². The number of fused-ring (bicyclic) bond motifs is 1. The first kappa shape index (κ1) is 13.0. The van der Waals surface area contributed by atoms with Crippen LogP contribution in [0.4, 0.5) is 0 Å². The summed E-state index contributed by atoms with van der Waals surface area (Å²) in [7, 11) is 0. The highest BCUT2D eigenvalue weighted by Gasteiger charge is 2.48. The van der Waals surface area contributed by atoms with E-state index in [0.29, 0.717) is 0 Å². The highest BCUT2D eigenvalue weighted by molar-refractivity contribution is 5.16. The van der Waals surface area contributed by atoms with Crippen LogP contribution < -0.4 is 0 Å². The quantitative estimate of drug-likeness (QED) is 0.639. The van der Waals surface area contributed by atoms with Crippen molar-refractivity contribution < 1.29 is 29.5 Å². The molecule has 19 heavy (non-hydrogen) atoms. The Morgan fingerprint density at radius 1 is 0.947 bits per heavy atom. The standard InChI is InChI=1S/C13H16O6/c14-9-10(15)12(16)18-8-6-17-13(19-11(8)9)7-4-2-1-3-5-7/h1-5,8-16H,6H2/t8-,9+,10-,11+,12+,13+/m0/s1. The molecule has 0 radical (unpaired) electrons. The topological polar surface area (TPSA) is 88.4 Å². The predicted octanol–water partition coefficient (Wildman–Crippen LogP) is -0.460. The van der Waals surface area contributed by atoms with Crippen molar-refractivity contribution in [2.45, 2.75) is 37.0 Å². The third-order valence-corrected chi connectivity index (χ3v) is 3.42. The fourth-order valence-corrected chi connectivity index (χ4v) is 2.37. The van der Waals surface area contributed by atoms with E-state index in [0.717, 1.165) is 5.56 Å². The van der Waals surface area contributed by atoms with Crippen LogP contribution in [0.1, 0.15) is 11.9 Å². The summed E-state index contributed by atoms with van der Waals surface area (Å²) in [4.78, 5) is 0. The molecule has 1 aromatic rings. The van der Waals surface area contributed by atoms with Crippen molar-refractivity contribution in [2.24, 2.45) is 0 Å². The molecule has 0 amide bonds. The Morgan fingerprint density at radius 2 is 1.68 bits per heavy atom. The summed E-state index contributed by atoms with van der Waals surface area (Å²) in [5, 5.41) is 29.0. The molecular formula is C13H16O6. The van der Waals surface area contributed by atoms with E-state index in [1.165, 1.54) is 0 Å². The van der Waals surface area contributed by atoms with Crippen molar-refractivity contribution in [3.63, 3.8) is 0 Å². The minimum atomic E-state index is -1.42. The van der Waals surface area contributed by atoms with Crippen molar-refractivity contribution in [1.82, 2.24) is 0 Å². The highest BCUT2D eigenvalue weighted by Crippen LogP contribution is 2.33. The van der Waals surface area contributed by atoms with Crippen LogP contribution in [0.2, 0.25) is 0 Å². The molecular weight excluding hydrogens is 252 g/mol. The molecule has 6 atom stereocenters. The summed E-state index contributed by atoms with van der Waals surface area (Å²) in [6, 6.07) is 9.31. The Labute approximate surface area is 110 Å². The van der Waals surface area contributed by atoms with Gasteiger partial charge < -0.3 is 29.5 Å². The van der Waals surface area contributed by atoms with Crippen molar-refractivity contribution in [3.8, 4) is 0 Å². The van der Waals surface area contributed by atoms with Crippen LogP contribution >= 0.6 is 0 Å². The number of rotatable bonds is 1. The van der Waals surface area contributed by atoms with Crippen LogP contribution in [-0.4, -0.2) is 52.6 Å². The largest absolute Gasteiger partial charge is 0.387 e. The zero-order valence-corrected chi connectivity index (χ0v) is 10.1. The Balaban J connectivity index is 1.75. The van der Waals surface area contributed by atoms with Gasteiger partial charge in [-0.2, -0.15) is 0 Å². The minimum absolute atomic E-state index is 0.186. The molecule has 0 aromatic heterocycles. The Bertz CT molecular complexity index is 422. The smallest absolute Gasteiger partial charge is 0.184 e.